The number of benzene rings is 1. The maximum atomic E-state index is 12.1. The molecule has 1 aromatic carbocycles. The largest absolute Gasteiger partial charge is 0.274 e. The van der Waals surface area contributed by atoms with E-state index in [9.17, 15) is 4.79 Å². The Morgan fingerprint density at radius 1 is 1.17 bits per heavy atom. The molecule has 1 aliphatic rings. The molecule has 0 N–H and O–H groups in total. The van der Waals surface area contributed by atoms with E-state index in [2.05, 4.69) is 36.8 Å². The van der Waals surface area contributed by atoms with Crippen molar-refractivity contribution in [2.45, 2.75) is 6.42 Å². The lowest BCUT2D eigenvalue weighted by Gasteiger charge is -2.16. The first kappa shape index (κ1) is 11.9. The molecule has 3 rings (SSSR count). The van der Waals surface area contributed by atoms with Gasteiger partial charge in [0.1, 0.15) is 5.82 Å². The Balaban J connectivity index is 2.16. The second kappa shape index (κ2) is 4.48. The Labute approximate surface area is 121 Å². The normalized spacial score (nSPS) is 13.9. The SMILES string of the molecule is O=C1Cc2c(ncc(Br)c2Br)N1c1ccccc1. The van der Waals surface area contributed by atoms with E-state index >= 15 is 0 Å². The van der Waals surface area contributed by atoms with Gasteiger partial charge in [-0.1, -0.05) is 18.2 Å². The van der Waals surface area contributed by atoms with Crippen LogP contribution >= 0.6 is 31.9 Å². The lowest BCUT2D eigenvalue weighted by atomic mass is 10.2. The third-order valence-corrected chi connectivity index (χ3v) is 4.89. The van der Waals surface area contributed by atoms with Gasteiger partial charge in [0.15, 0.2) is 0 Å². The summed E-state index contributed by atoms with van der Waals surface area (Å²) in [5.41, 5.74) is 1.78. The molecule has 5 heteroatoms. The molecule has 3 nitrogen and oxygen atoms in total. The van der Waals surface area contributed by atoms with Crippen LogP contribution in [-0.4, -0.2) is 10.9 Å². The topological polar surface area (TPSA) is 33.2 Å². The number of para-hydroxylation sites is 1. The molecule has 0 unspecified atom stereocenters. The van der Waals surface area contributed by atoms with Crippen molar-refractivity contribution >= 4 is 49.3 Å². The molecule has 0 saturated heterocycles. The van der Waals surface area contributed by atoms with Gasteiger partial charge in [0, 0.05) is 16.2 Å². The number of hydrogen-bond acceptors (Lipinski definition) is 2. The third-order valence-electron chi connectivity index (χ3n) is 2.85. The molecule has 1 aliphatic heterocycles. The Kier molecular flexibility index (Phi) is 2.95. The summed E-state index contributed by atoms with van der Waals surface area (Å²) in [6.45, 7) is 0. The molecule has 0 bridgehead atoms. The van der Waals surface area contributed by atoms with Gasteiger partial charge in [-0.25, -0.2) is 4.98 Å². The summed E-state index contributed by atoms with van der Waals surface area (Å²) in [6, 6.07) is 9.56. The fraction of sp³-hybridized carbons (Fsp3) is 0.0769. The standard InChI is InChI=1S/C13H8Br2N2O/c14-10-7-16-13-9(12(10)15)6-11(18)17(13)8-4-2-1-3-5-8/h1-5,7H,6H2. The Morgan fingerprint density at radius 3 is 2.61 bits per heavy atom. The summed E-state index contributed by atoms with van der Waals surface area (Å²) < 4.78 is 1.77. The molecule has 1 aromatic heterocycles. The first-order valence-electron chi connectivity index (χ1n) is 5.39. The fourth-order valence-corrected chi connectivity index (χ4v) is 2.80. The van der Waals surface area contributed by atoms with Crippen molar-refractivity contribution in [3.05, 3.63) is 51.0 Å². The number of carbonyl (C=O) groups is 1. The number of rotatable bonds is 1. The highest BCUT2D eigenvalue weighted by Crippen LogP contribution is 2.39. The lowest BCUT2D eigenvalue weighted by Crippen LogP contribution is -2.21. The number of pyridine rings is 1. The zero-order valence-corrected chi connectivity index (χ0v) is 12.4. The van der Waals surface area contributed by atoms with E-state index in [1.54, 1.807) is 11.1 Å². The van der Waals surface area contributed by atoms with Gasteiger partial charge in [-0.05, 0) is 44.0 Å². The summed E-state index contributed by atoms with van der Waals surface area (Å²) in [4.78, 5) is 18.2. The van der Waals surface area contributed by atoms with Gasteiger partial charge in [0.05, 0.1) is 16.6 Å². The Morgan fingerprint density at radius 2 is 1.89 bits per heavy atom. The van der Waals surface area contributed by atoms with Crippen molar-refractivity contribution in [3.63, 3.8) is 0 Å². The zero-order valence-electron chi connectivity index (χ0n) is 9.23. The van der Waals surface area contributed by atoms with E-state index in [4.69, 9.17) is 0 Å². The molecule has 0 saturated carbocycles. The van der Waals surface area contributed by atoms with E-state index in [-0.39, 0.29) is 5.91 Å². The van der Waals surface area contributed by atoms with Gasteiger partial charge < -0.3 is 0 Å². The van der Waals surface area contributed by atoms with Crippen LogP contribution in [0.5, 0.6) is 0 Å². The molecule has 0 fully saturated rings. The minimum absolute atomic E-state index is 0.0440. The van der Waals surface area contributed by atoms with Crippen molar-refractivity contribution in [1.29, 1.82) is 0 Å². The highest BCUT2D eigenvalue weighted by Gasteiger charge is 2.32. The van der Waals surface area contributed by atoms with Gasteiger partial charge in [0.25, 0.3) is 0 Å². The molecule has 90 valence electrons. The first-order chi connectivity index (χ1) is 8.68. The van der Waals surface area contributed by atoms with Gasteiger partial charge in [-0.2, -0.15) is 0 Å². The van der Waals surface area contributed by atoms with Crippen LogP contribution in [-0.2, 0) is 11.2 Å². The van der Waals surface area contributed by atoms with E-state index in [1.165, 1.54) is 0 Å². The fourth-order valence-electron chi connectivity index (χ4n) is 2.04. The molecule has 1 amide bonds. The molecule has 18 heavy (non-hydrogen) atoms. The Bertz CT molecular complexity index is 628. The lowest BCUT2D eigenvalue weighted by molar-refractivity contribution is -0.116. The minimum atomic E-state index is 0.0440. The smallest absolute Gasteiger partial charge is 0.237 e. The maximum Gasteiger partial charge on any atom is 0.237 e. The minimum Gasteiger partial charge on any atom is -0.274 e. The average Bonchev–Trinajstić information content (AvgIpc) is 2.72. The number of nitrogens with zero attached hydrogens (tertiary/aromatic N) is 2. The first-order valence-corrected chi connectivity index (χ1v) is 6.98. The van der Waals surface area contributed by atoms with E-state index in [1.807, 2.05) is 30.3 Å². The summed E-state index contributed by atoms with van der Waals surface area (Å²) in [5, 5.41) is 0. The van der Waals surface area contributed by atoms with Crippen LogP contribution in [0.1, 0.15) is 5.56 Å². The van der Waals surface area contributed by atoms with Gasteiger partial charge in [-0.15, -0.1) is 0 Å². The van der Waals surface area contributed by atoms with E-state index < -0.39 is 0 Å². The van der Waals surface area contributed by atoms with E-state index in [0.29, 0.717) is 12.2 Å². The third kappa shape index (κ3) is 1.78. The van der Waals surface area contributed by atoms with Crippen molar-refractivity contribution in [2.75, 3.05) is 4.90 Å². The quantitative estimate of drug-likeness (QED) is 0.767. The number of carbonyl (C=O) groups excluding carboxylic acids is 1. The van der Waals surface area contributed by atoms with Crippen molar-refractivity contribution in [3.8, 4) is 0 Å². The van der Waals surface area contributed by atoms with Crippen LogP contribution in [0.25, 0.3) is 0 Å². The van der Waals surface area contributed by atoms with Crippen LogP contribution in [0.4, 0.5) is 11.5 Å². The van der Waals surface area contributed by atoms with Crippen LogP contribution in [0, 0.1) is 0 Å². The highest BCUT2D eigenvalue weighted by molar-refractivity contribution is 9.13. The second-order valence-corrected chi connectivity index (χ2v) is 5.61. The molecule has 2 heterocycles. The predicted octanol–water partition coefficient (Wildman–Crippen LogP) is 3.83. The van der Waals surface area contributed by atoms with Crippen LogP contribution in [0.2, 0.25) is 0 Å². The summed E-state index contributed by atoms with van der Waals surface area (Å²) in [6.07, 6.45) is 2.08. The maximum absolute atomic E-state index is 12.1. The second-order valence-electron chi connectivity index (χ2n) is 3.96. The van der Waals surface area contributed by atoms with Gasteiger partial charge >= 0.3 is 0 Å². The summed E-state index contributed by atoms with van der Waals surface area (Å²) in [7, 11) is 0. The molecular formula is C13H8Br2N2O. The van der Waals surface area contributed by atoms with Gasteiger partial charge in [0.2, 0.25) is 5.91 Å². The highest BCUT2D eigenvalue weighted by atomic mass is 79.9. The van der Waals surface area contributed by atoms with E-state index in [0.717, 1.165) is 20.2 Å². The number of aromatic nitrogens is 1. The Hall–Kier alpha value is -1.20. The van der Waals surface area contributed by atoms with Crippen LogP contribution in [0.15, 0.2) is 45.5 Å². The monoisotopic (exact) mass is 366 g/mol. The number of halogens is 2. The molecule has 0 atom stereocenters. The number of anilines is 2. The molecule has 0 spiro atoms. The molecule has 0 aliphatic carbocycles. The van der Waals surface area contributed by atoms with Crippen LogP contribution in [0.3, 0.4) is 0 Å². The summed E-state index contributed by atoms with van der Waals surface area (Å²) >= 11 is 6.90. The molecular weight excluding hydrogens is 360 g/mol. The molecule has 0 radical (unpaired) electrons. The van der Waals surface area contributed by atoms with Gasteiger partial charge in [-0.3, -0.25) is 9.69 Å². The summed E-state index contributed by atoms with van der Waals surface area (Å²) in [5.74, 6) is 0.753. The van der Waals surface area contributed by atoms with Crippen LogP contribution < -0.4 is 4.90 Å². The molecule has 2 aromatic rings. The predicted molar refractivity (Wildman–Crippen MR) is 76.9 cm³/mol. The number of fused-ring (bicyclic) bond motifs is 1. The zero-order chi connectivity index (χ0) is 12.7. The number of hydrogen-bond donors (Lipinski definition) is 0. The van der Waals surface area contributed by atoms with Crippen molar-refractivity contribution in [1.82, 2.24) is 4.98 Å². The average molecular weight is 368 g/mol. The van der Waals surface area contributed by atoms with Crippen molar-refractivity contribution in [2.24, 2.45) is 0 Å². The van der Waals surface area contributed by atoms with Crippen molar-refractivity contribution < 1.29 is 4.79 Å². The number of amides is 1.